The summed E-state index contributed by atoms with van der Waals surface area (Å²) in [6.07, 6.45) is 18.2. The van der Waals surface area contributed by atoms with Crippen molar-refractivity contribution in [2.45, 2.75) is 26.7 Å². The van der Waals surface area contributed by atoms with Gasteiger partial charge in [-0.25, -0.2) is 0 Å². The van der Waals surface area contributed by atoms with Gasteiger partial charge in [0, 0.05) is 0 Å². The zero-order valence-corrected chi connectivity index (χ0v) is 14.0. The zero-order chi connectivity index (χ0) is 16.5. The monoisotopic (exact) mass is 303 g/mol. The highest BCUT2D eigenvalue weighted by molar-refractivity contribution is 5.82. The van der Waals surface area contributed by atoms with Crippen molar-refractivity contribution in [2.24, 2.45) is 5.73 Å². The summed E-state index contributed by atoms with van der Waals surface area (Å²) in [5.41, 5.74) is 12.2. The highest BCUT2D eigenvalue weighted by atomic mass is 14.5. The summed E-state index contributed by atoms with van der Waals surface area (Å²) < 4.78 is 0. The van der Waals surface area contributed by atoms with Crippen LogP contribution >= 0.6 is 0 Å². The molecule has 1 aliphatic rings. The van der Waals surface area contributed by atoms with Crippen LogP contribution < -0.4 is 5.73 Å². The van der Waals surface area contributed by atoms with Crippen molar-refractivity contribution in [3.05, 3.63) is 101 Å². The van der Waals surface area contributed by atoms with Crippen molar-refractivity contribution in [3.8, 4) is 0 Å². The number of hydrogen-bond donors (Lipinski definition) is 1. The van der Waals surface area contributed by atoms with Gasteiger partial charge in [0.1, 0.15) is 0 Å². The van der Waals surface area contributed by atoms with Crippen LogP contribution in [0.3, 0.4) is 0 Å². The normalized spacial score (nSPS) is 17.8. The first kappa shape index (κ1) is 16.8. The van der Waals surface area contributed by atoms with Crippen molar-refractivity contribution in [1.82, 2.24) is 0 Å². The van der Waals surface area contributed by atoms with E-state index in [-0.39, 0.29) is 0 Å². The minimum Gasteiger partial charge on any atom is -0.405 e. The molecule has 0 aromatic heterocycles. The molecule has 1 aromatic carbocycles. The minimum atomic E-state index is 0.920. The maximum absolute atomic E-state index is 5.39. The molecular formula is C22H25N. The van der Waals surface area contributed by atoms with Gasteiger partial charge in [-0.2, -0.15) is 0 Å². The maximum atomic E-state index is 5.39. The van der Waals surface area contributed by atoms with Gasteiger partial charge < -0.3 is 5.73 Å². The van der Waals surface area contributed by atoms with Gasteiger partial charge in [0.15, 0.2) is 0 Å². The number of rotatable bonds is 5. The smallest absolute Gasteiger partial charge is 0.00625 e. The van der Waals surface area contributed by atoms with Crippen LogP contribution in [-0.4, -0.2) is 0 Å². The molecule has 2 rings (SSSR count). The molecule has 1 heteroatoms. The molecule has 1 aliphatic carbocycles. The first-order valence-electron chi connectivity index (χ1n) is 8.09. The largest absolute Gasteiger partial charge is 0.405 e. The summed E-state index contributed by atoms with van der Waals surface area (Å²) >= 11 is 0. The molecule has 0 amide bonds. The van der Waals surface area contributed by atoms with Crippen molar-refractivity contribution in [3.63, 3.8) is 0 Å². The summed E-state index contributed by atoms with van der Waals surface area (Å²) in [6.45, 7) is 4.27. The Hall–Kier alpha value is -2.54. The van der Waals surface area contributed by atoms with Crippen LogP contribution in [0.1, 0.15) is 32.3 Å². The van der Waals surface area contributed by atoms with Gasteiger partial charge in [0.05, 0.1) is 0 Å². The molecule has 0 radical (unpaired) electrons. The highest BCUT2D eigenvalue weighted by Crippen LogP contribution is 2.36. The number of nitrogens with two attached hydrogens (primary N) is 1. The van der Waals surface area contributed by atoms with Crippen molar-refractivity contribution < 1.29 is 0 Å². The van der Waals surface area contributed by atoms with Crippen LogP contribution in [-0.2, 0) is 0 Å². The van der Waals surface area contributed by atoms with Crippen LogP contribution in [0, 0.1) is 0 Å². The Bertz CT molecular complexity index is 695. The molecule has 0 aliphatic heterocycles. The van der Waals surface area contributed by atoms with Crippen LogP contribution in [0.15, 0.2) is 95.8 Å². The molecule has 0 unspecified atom stereocenters. The Kier molecular flexibility index (Phi) is 6.43. The Labute approximate surface area is 139 Å². The van der Waals surface area contributed by atoms with E-state index < -0.39 is 0 Å². The van der Waals surface area contributed by atoms with Gasteiger partial charge in [-0.3, -0.25) is 0 Å². The zero-order valence-electron chi connectivity index (χ0n) is 14.0. The second-order valence-electron chi connectivity index (χ2n) is 5.53. The Morgan fingerprint density at radius 2 is 1.87 bits per heavy atom. The Morgan fingerprint density at radius 1 is 1.09 bits per heavy atom. The van der Waals surface area contributed by atoms with Gasteiger partial charge in [-0.15, -0.1) is 0 Å². The minimum absolute atomic E-state index is 0.920. The number of hydrogen-bond acceptors (Lipinski definition) is 1. The Morgan fingerprint density at radius 3 is 2.57 bits per heavy atom. The molecule has 23 heavy (non-hydrogen) atoms. The van der Waals surface area contributed by atoms with E-state index in [1.165, 1.54) is 27.9 Å². The Balaban J connectivity index is 2.38. The van der Waals surface area contributed by atoms with Gasteiger partial charge in [0.2, 0.25) is 0 Å². The second kappa shape index (κ2) is 8.79. The molecule has 0 spiro atoms. The molecule has 0 saturated carbocycles. The quantitative estimate of drug-likeness (QED) is 0.692. The molecule has 2 N–H and O–H groups in total. The molecule has 0 atom stereocenters. The lowest BCUT2D eigenvalue weighted by atomic mass is 9.83. The van der Waals surface area contributed by atoms with E-state index in [1.54, 1.807) is 6.20 Å². The third-order valence-corrected chi connectivity index (χ3v) is 4.03. The van der Waals surface area contributed by atoms with Gasteiger partial charge in [-0.1, -0.05) is 66.8 Å². The summed E-state index contributed by atoms with van der Waals surface area (Å²) in [4.78, 5) is 0. The van der Waals surface area contributed by atoms with Gasteiger partial charge in [-0.05, 0) is 66.8 Å². The van der Waals surface area contributed by atoms with Crippen LogP contribution in [0.4, 0.5) is 0 Å². The lowest BCUT2D eigenvalue weighted by molar-refractivity contribution is 1.08. The van der Waals surface area contributed by atoms with E-state index in [1.807, 2.05) is 19.1 Å². The van der Waals surface area contributed by atoms with Crippen LogP contribution in [0.25, 0.3) is 5.57 Å². The lowest BCUT2D eigenvalue weighted by Crippen LogP contribution is -2.02. The molecule has 118 valence electrons. The third-order valence-electron chi connectivity index (χ3n) is 4.03. The van der Waals surface area contributed by atoms with E-state index in [9.17, 15) is 0 Å². The van der Waals surface area contributed by atoms with E-state index in [4.69, 9.17) is 5.73 Å². The third kappa shape index (κ3) is 4.46. The second-order valence-corrected chi connectivity index (χ2v) is 5.53. The van der Waals surface area contributed by atoms with Crippen molar-refractivity contribution in [1.29, 1.82) is 0 Å². The van der Waals surface area contributed by atoms with E-state index in [0.717, 1.165) is 12.8 Å². The standard InChI is InChI=1S/C22H25N/c1-3-4-11-20-15-16-22(19-12-7-5-8-13-19)18(2)21(20)14-9-6-10-17-23/h3-13,16-17H,14-15,23H2,1-2H3/b4-3-,9-6-,17-10-,20-11+. The topological polar surface area (TPSA) is 26.0 Å². The maximum Gasteiger partial charge on any atom is -0.00625 e. The summed E-state index contributed by atoms with van der Waals surface area (Å²) in [5, 5.41) is 0. The van der Waals surface area contributed by atoms with Crippen molar-refractivity contribution >= 4 is 5.57 Å². The number of allylic oxidation sites excluding steroid dienone is 11. The summed E-state index contributed by atoms with van der Waals surface area (Å²) in [7, 11) is 0. The average Bonchev–Trinajstić information content (AvgIpc) is 2.59. The molecule has 1 aromatic rings. The first-order chi connectivity index (χ1) is 11.3. The summed E-state index contributed by atoms with van der Waals surface area (Å²) in [5.74, 6) is 0. The van der Waals surface area contributed by atoms with E-state index in [0.29, 0.717) is 0 Å². The van der Waals surface area contributed by atoms with E-state index in [2.05, 4.69) is 67.6 Å². The molecule has 0 fully saturated rings. The molecule has 0 heterocycles. The predicted octanol–water partition coefficient (Wildman–Crippen LogP) is 5.71. The first-order valence-corrected chi connectivity index (χ1v) is 8.09. The molecule has 0 saturated heterocycles. The van der Waals surface area contributed by atoms with Gasteiger partial charge in [0.25, 0.3) is 0 Å². The average molecular weight is 303 g/mol. The van der Waals surface area contributed by atoms with Crippen LogP contribution in [0.2, 0.25) is 0 Å². The fourth-order valence-corrected chi connectivity index (χ4v) is 2.84. The fourth-order valence-electron chi connectivity index (χ4n) is 2.84. The fraction of sp³-hybridized carbons (Fsp3) is 0.182. The van der Waals surface area contributed by atoms with E-state index >= 15 is 0 Å². The van der Waals surface area contributed by atoms with Crippen molar-refractivity contribution in [2.75, 3.05) is 0 Å². The number of benzene rings is 1. The molecule has 1 nitrogen and oxygen atoms in total. The molecular weight excluding hydrogens is 278 g/mol. The molecule has 0 bridgehead atoms. The highest BCUT2D eigenvalue weighted by Gasteiger charge is 2.16. The van der Waals surface area contributed by atoms with Gasteiger partial charge >= 0.3 is 0 Å². The summed E-state index contributed by atoms with van der Waals surface area (Å²) in [6, 6.07) is 10.6. The lowest BCUT2D eigenvalue weighted by Gasteiger charge is -2.22. The SMILES string of the molecule is C/C=C\C=C1/CC=C(c2ccccc2)C(C)=C1C/C=C\C=C/N. The predicted molar refractivity (Wildman–Crippen MR) is 102 cm³/mol. The van der Waals surface area contributed by atoms with Crippen LogP contribution in [0.5, 0.6) is 0 Å².